The molecule has 3 nitrogen and oxygen atoms in total. The van der Waals surface area contributed by atoms with Crippen LogP contribution in [-0.2, 0) is 0 Å². The highest BCUT2D eigenvalue weighted by atomic mass is 79.9. The third-order valence-electron chi connectivity index (χ3n) is 1.39. The van der Waals surface area contributed by atoms with Gasteiger partial charge in [0.1, 0.15) is 11.4 Å². The Kier molecular flexibility index (Phi) is 2.63. The second kappa shape index (κ2) is 3.54. The van der Waals surface area contributed by atoms with E-state index in [1.165, 1.54) is 6.07 Å². The summed E-state index contributed by atoms with van der Waals surface area (Å²) < 4.78 is 13.1. The number of nitriles is 1. The zero-order valence-electron chi connectivity index (χ0n) is 6.21. The molecule has 0 spiro atoms. The highest BCUT2D eigenvalue weighted by molar-refractivity contribution is 9.10. The molecule has 0 radical (unpaired) electrons. The molecule has 1 rings (SSSR count). The first-order valence-corrected chi connectivity index (χ1v) is 3.98. The van der Waals surface area contributed by atoms with Crippen molar-refractivity contribution in [2.24, 2.45) is 0 Å². The summed E-state index contributed by atoms with van der Waals surface area (Å²) in [5.41, 5.74) is -0.381. The van der Waals surface area contributed by atoms with Crippen molar-refractivity contribution in [3.63, 3.8) is 0 Å². The van der Waals surface area contributed by atoms with Crippen molar-refractivity contribution >= 4 is 21.9 Å². The van der Waals surface area contributed by atoms with Crippen LogP contribution in [0.5, 0.6) is 0 Å². The lowest BCUT2D eigenvalue weighted by molar-refractivity contribution is 0.0691. The van der Waals surface area contributed by atoms with Crippen LogP contribution in [0, 0.1) is 17.1 Å². The van der Waals surface area contributed by atoms with Crippen LogP contribution < -0.4 is 0 Å². The number of hydrogen-bond acceptors (Lipinski definition) is 2. The summed E-state index contributed by atoms with van der Waals surface area (Å²) >= 11 is 2.87. The molecule has 1 aromatic carbocycles. The number of halogens is 2. The normalized spacial score (nSPS) is 9.31. The standard InChI is InChI=1S/C8H3BrFNO2/c9-5-1-4(3-11)2-6(10)7(5)8(12)13/h1-2H,(H,12,13). The lowest BCUT2D eigenvalue weighted by atomic mass is 10.1. The van der Waals surface area contributed by atoms with Crippen molar-refractivity contribution in [3.05, 3.63) is 33.5 Å². The molecule has 0 amide bonds. The van der Waals surface area contributed by atoms with Crippen molar-refractivity contribution in [2.45, 2.75) is 0 Å². The quantitative estimate of drug-likeness (QED) is 0.823. The molecule has 0 aliphatic rings. The molecule has 0 atom stereocenters. The average Bonchev–Trinajstić information content (AvgIpc) is 2.02. The number of carbonyl (C=O) groups is 1. The van der Waals surface area contributed by atoms with Crippen molar-refractivity contribution < 1.29 is 14.3 Å². The fourth-order valence-corrected chi connectivity index (χ4v) is 1.45. The Balaban J connectivity index is 3.42. The van der Waals surface area contributed by atoms with Gasteiger partial charge in [0.25, 0.3) is 0 Å². The van der Waals surface area contributed by atoms with E-state index < -0.39 is 17.3 Å². The molecule has 13 heavy (non-hydrogen) atoms. The molecule has 0 unspecified atom stereocenters. The molecular weight excluding hydrogens is 241 g/mol. The molecule has 0 aliphatic carbocycles. The summed E-state index contributed by atoms with van der Waals surface area (Å²) in [4.78, 5) is 10.5. The molecule has 5 heteroatoms. The van der Waals surface area contributed by atoms with E-state index in [1.807, 2.05) is 0 Å². The van der Waals surface area contributed by atoms with Crippen LogP contribution in [0.1, 0.15) is 15.9 Å². The molecule has 0 bridgehead atoms. The zero-order chi connectivity index (χ0) is 10.0. The first-order valence-electron chi connectivity index (χ1n) is 3.18. The number of carboxylic acid groups (broad SMARTS) is 1. The Bertz CT molecular complexity index is 388. The first kappa shape index (κ1) is 9.68. The minimum absolute atomic E-state index is 0.0663. The van der Waals surface area contributed by atoms with Gasteiger partial charge in [-0.1, -0.05) is 0 Å². The average molecular weight is 244 g/mol. The van der Waals surface area contributed by atoms with E-state index >= 15 is 0 Å². The topological polar surface area (TPSA) is 61.1 Å². The van der Waals surface area contributed by atoms with Crippen LogP contribution in [0.25, 0.3) is 0 Å². The van der Waals surface area contributed by atoms with Crippen molar-refractivity contribution in [3.8, 4) is 6.07 Å². The maximum Gasteiger partial charge on any atom is 0.339 e. The Morgan fingerprint density at radius 2 is 2.23 bits per heavy atom. The van der Waals surface area contributed by atoms with Gasteiger partial charge in [0.2, 0.25) is 0 Å². The van der Waals surface area contributed by atoms with E-state index in [1.54, 1.807) is 6.07 Å². The van der Waals surface area contributed by atoms with Crippen LogP contribution in [0.15, 0.2) is 16.6 Å². The van der Waals surface area contributed by atoms with Gasteiger partial charge in [-0.15, -0.1) is 0 Å². The van der Waals surface area contributed by atoms with Crippen LogP contribution in [0.3, 0.4) is 0 Å². The first-order chi connectivity index (χ1) is 6.06. The van der Waals surface area contributed by atoms with Gasteiger partial charge in [0.15, 0.2) is 0 Å². The van der Waals surface area contributed by atoms with E-state index in [2.05, 4.69) is 15.9 Å². The van der Waals surface area contributed by atoms with E-state index in [0.29, 0.717) is 0 Å². The fourth-order valence-electron chi connectivity index (χ4n) is 0.842. The smallest absolute Gasteiger partial charge is 0.339 e. The predicted octanol–water partition coefficient (Wildman–Crippen LogP) is 2.16. The predicted molar refractivity (Wildman–Crippen MR) is 45.8 cm³/mol. The lowest BCUT2D eigenvalue weighted by Crippen LogP contribution is -2.02. The summed E-state index contributed by atoms with van der Waals surface area (Å²) in [5, 5.41) is 17.0. The number of benzene rings is 1. The number of aromatic carboxylic acids is 1. The minimum Gasteiger partial charge on any atom is -0.478 e. The number of nitrogens with zero attached hydrogens (tertiary/aromatic N) is 1. The zero-order valence-corrected chi connectivity index (χ0v) is 7.80. The third kappa shape index (κ3) is 1.84. The molecule has 0 aliphatic heterocycles. The maximum atomic E-state index is 13.0. The van der Waals surface area contributed by atoms with Crippen molar-refractivity contribution in [1.82, 2.24) is 0 Å². The van der Waals surface area contributed by atoms with Gasteiger partial charge in [-0.3, -0.25) is 0 Å². The summed E-state index contributed by atoms with van der Waals surface area (Å²) in [7, 11) is 0. The Morgan fingerprint density at radius 1 is 1.62 bits per heavy atom. The van der Waals surface area contributed by atoms with Gasteiger partial charge < -0.3 is 5.11 Å². The van der Waals surface area contributed by atoms with Gasteiger partial charge in [-0.25, -0.2) is 9.18 Å². The van der Waals surface area contributed by atoms with Crippen molar-refractivity contribution in [2.75, 3.05) is 0 Å². The van der Waals surface area contributed by atoms with Gasteiger partial charge >= 0.3 is 5.97 Å². The molecule has 0 heterocycles. The van der Waals surface area contributed by atoms with Crippen LogP contribution >= 0.6 is 15.9 Å². The fraction of sp³-hybridized carbons (Fsp3) is 0. The van der Waals surface area contributed by atoms with Crippen LogP contribution in [0.4, 0.5) is 4.39 Å². The molecule has 0 saturated heterocycles. The van der Waals surface area contributed by atoms with Gasteiger partial charge in [-0.05, 0) is 28.1 Å². The molecule has 1 aromatic rings. The van der Waals surface area contributed by atoms with E-state index in [0.717, 1.165) is 6.07 Å². The SMILES string of the molecule is N#Cc1cc(F)c(C(=O)O)c(Br)c1. The van der Waals surface area contributed by atoms with Crippen LogP contribution in [0.2, 0.25) is 0 Å². The molecular formula is C8H3BrFNO2. The van der Waals surface area contributed by atoms with E-state index in [9.17, 15) is 9.18 Å². The molecule has 0 saturated carbocycles. The number of rotatable bonds is 1. The Labute approximate surface area is 81.5 Å². The second-order valence-corrected chi connectivity index (χ2v) is 3.09. The lowest BCUT2D eigenvalue weighted by Gasteiger charge is -2.00. The molecule has 0 fully saturated rings. The monoisotopic (exact) mass is 243 g/mol. The van der Waals surface area contributed by atoms with Gasteiger partial charge in [0.05, 0.1) is 11.6 Å². The summed E-state index contributed by atoms with van der Waals surface area (Å²) in [6, 6.07) is 3.85. The Morgan fingerprint density at radius 3 is 2.62 bits per heavy atom. The summed E-state index contributed by atoms with van der Waals surface area (Å²) in [5.74, 6) is -2.28. The molecule has 1 N–H and O–H groups in total. The maximum absolute atomic E-state index is 13.0. The minimum atomic E-state index is -1.37. The molecule has 66 valence electrons. The highest BCUT2D eigenvalue weighted by Crippen LogP contribution is 2.21. The largest absolute Gasteiger partial charge is 0.478 e. The van der Waals surface area contributed by atoms with E-state index in [-0.39, 0.29) is 10.0 Å². The highest BCUT2D eigenvalue weighted by Gasteiger charge is 2.15. The van der Waals surface area contributed by atoms with Gasteiger partial charge in [-0.2, -0.15) is 5.26 Å². The number of hydrogen-bond donors (Lipinski definition) is 1. The Hall–Kier alpha value is -1.41. The van der Waals surface area contributed by atoms with Gasteiger partial charge in [0, 0.05) is 4.47 Å². The van der Waals surface area contributed by atoms with Crippen molar-refractivity contribution in [1.29, 1.82) is 5.26 Å². The van der Waals surface area contributed by atoms with Crippen LogP contribution in [-0.4, -0.2) is 11.1 Å². The van der Waals surface area contributed by atoms with E-state index in [4.69, 9.17) is 10.4 Å². The second-order valence-electron chi connectivity index (χ2n) is 2.23. The summed E-state index contributed by atoms with van der Waals surface area (Å²) in [6.07, 6.45) is 0. The third-order valence-corrected chi connectivity index (χ3v) is 2.01. The number of carboxylic acids is 1. The summed E-state index contributed by atoms with van der Waals surface area (Å²) in [6.45, 7) is 0. The molecule has 0 aromatic heterocycles.